The fourth-order valence-corrected chi connectivity index (χ4v) is 1.58. The Hall–Kier alpha value is -1.98. The van der Waals surface area contributed by atoms with Gasteiger partial charge in [0, 0.05) is 6.07 Å². The summed E-state index contributed by atoms with van der Waals surface area (Å²) in [6, 6.07) is 0.0303. The molecule has 3 amide bonds. The summed E-state index contributed by atoms with van der Waals surface area (Å²) in [5.74, 6) is -0.960. The van der Waals surface area contributed by atoms with E-state index in [2.05, 4.69) is 10.3 Å². The van der Waals surface area contributed by atoms with Crippen LogP contribution in [0.1, 0.15) is 13.3 Å². The lowest BCUT2D eigenvalue weighted by Gasteiger charge is -2.11. The summed E-state index contributed by atoms with van der Waals surface area (Å²) < 4.78 is 12.9. The molecule has 1 saturated heterocycles. The largest absolute Gasteiger partial charge is 0.329 e. The quantitative estimate of drug-likeness (QED) is 0.762. The minimum atomic E-state index is -0.585. The molecule has 0 aliphatic carbocycles. The van der Waals surface area contributed by atoms with E-state index < -0.39 is 17.9 Å². The lowest BCUT2D eigenvalue weighted by atomic mass is 10.2. The highest BCUT2D eigenvalue weighted by atomic mass is 19.1. The van der Waals surface area contributed by atoms with Crippen molar-refractivity contribution in [3.63, 3.8) is 0 Å². The summed E-state index contributed by atoms with van der Waals surface area (Å²) in [6.45, 7) is 1.79. The molecule has 1 atom stereocenters. The van der Waals surface area contributed by atoms with Gasteiger partial charge in [0.15, 0.2) is 0 Å². The number of pyridine rings is 1. The molecule has 1 N–H and O–H groups in total. The Bertz CT molecular complexity index is 449. The van der Waals surface area contributed by atoms with E-state index in [1.165, 1.54) is 6.20 Å². The van der Waals surface area contributed by atoms with Gasteiger partial charge in [-0.1, -0.05) is 6.92 Å². The number of carbonyl (C=O) groups is 2. The van der Waals surface area contributed by atoms with Gasteiger partial charge in [-0.2, -0.15) is 0 Å². The van der Waals surface area contributed by atoms with Crippen molar-refractivity contribution < 1.29 is 14.0 Å². The van der Waals surface area contributed by atoms with Gasteiger partial charge in [-0.25, -0.2) is 14.1 Å². The zero-order valence-electron chi connectivity index (χ0n) is 8.61. The normalized spacial score (nSPS) is 20.1. The predicted molar refractivity (Wildman–Crippen MR) is 54.3 cm³/mol. The molecular weight excluding hydrogens is 213 g/mol. The van der Waals surface area contributed by atoms with E-state index in [0.29, 0.717) is 6.42 Å². The average molecular weight is 223 g/mol. The van der Waals surface area contributed by atoms with Gasteiger partial charge in [0.1, 0.15) is 11.9 Å². The van der Waals surface area contributed by atoms with Gasteiger partial charge >= 0.3 is 6.03 Å². The number of carbonyl (C=O) groups excluding carboxylic acids is 2. The van der Waals surface area contributed by atoms with E-state index in [9.17, 15) is 14.0 Å². The molecule has 1 aliphatic rings. The molecule has 16 heavy (non-hydrogen) atoms. The van der Waals surface area contributed by atoms with Gasteiger partial charge in [-0.15, -0.1) is 0 Å². The van der Waals surface area contributed by atoms with Crippen LogP contribution >= 0.6 is 0 Å². The van der Waals surface area contributed by atoms with E-state index in [4.69, 9.17) is 0 Å². The van der Waals surface area contributed by atoms with Crippen molar-refractivity contribution in [1.82, 2.24) is 10.3 Å². The third-order valence-electron chi connectivity index (χ3n) is 2.38. The Kier molecular flexibility index (Phi) is 2.55. The van der Waals surface area contributed by atoms with Gasteiger partial charge < -0.3 is 5.32 Å². The number of hydrogen-bond donors (Lipinski definition) is 1. The molecule has 84 valence electrons. The number of urea groups is 1. The van der Waals surface area contributed by atoms with E-state index in [0.717, 1.165) is 17.2 Å². The van der Waals surface area contributed by atoms with Crippen molar-refractivity contribution in [2.75, 3.05) is 4.90 Å². The zero-order valence-corrected chi connectivity index (χ0v) is 8.61. The Morgan fingerprint density at radius 3 is 2.81 bits per heavy atom. The molecule has 2 rings (SSSR count). The summed E-state index contributed by atoms with van der Waals surface area (Å²) in [6.07, 6.45) is 2.79. The first-order valence-electron chi connectivity index (χ1n) is 4.88. The van der Waals surface area contributed by atoms with Gasteiger partial charge in [0.25, 0.3) is 5.91 Å². The minimum absolute atomic E-state index is 0.151. The highest BCUT2D eigenvalue weighted by molar-refractivity contribution is 6.21. The van der Waals surface area contributed by atoms with Crippen molar-refractivity contribution in [2.24, 2.45) is 0 Å². The fraction of sp³-hybridized carbons (Fsp3) is 0.300. The molecule has 0 unspecified atom stereocenters. The van der Waals surface area contributed by atoms with Crippen LogP contribution in [0.5, 0.6) is 0 Å². The molecule has 1 aromatic rings. The van der Waals surface area contributed by atoms with E-state index in [1.807, 2.05) is 0 Å². The molecule has 1 fully saturated rings. The van der Waals surface area contributed by atoms with Crippen molar-refractivity contribution in [2.45, 2.75) is 19.4 Å². The standard InChI is InChI=1S/C10H10FN3O2/c1-2-8-9(15)14(10(16)13-8)7-3-6(11)4-12-5-7/h3-5,8H,2H2,1H3,(H,13,16)/t8-/m0/s1. The van der Waals surface area contributed by atoms with Crippen LogP contribution in [0.4, 0.5) is 14.9 Å². The maximum Gasteiger partial charge on any atom is 0.329 e. The number of anilines is 1. The van der Waals surface area contributed by atoms with Crippen LogP contribution in [0.3, 0.4) is 0 Å². The Morgan fingerprint density at radius 1 is 1.50 bits per heavy atom. The second-order valence-electron chi connectivity index (χ2n) is 3.45. The molecule has 2 heterocycles. The monoisotopic (exact) mass is 223 g/mol. The van der Waals surface area contributed by atoms with Crippen LogP contribution in [0, 0.1) is 5.82 Å². The summed E-state index contributed by atoms with van der Waals surface area (Å²) in [7, 11) is 0. The smallest absolute Gasteiger partial charge is 0.325 e. The molecular formula is C10H10FN3O2. The minimum Gasteiger partial charge on any atom is -0.325 e. The third kappa shape index (κ3) is 1.62. The molecule has 1 aliphatic heterocycles. The zero-order chi connectivity index (χ0) is 11.7. The molecule has 0 bridgehead atoms. The van der Waals surface area contributed by atoms with Crippen LogP contribution in [0.2, 0.25) is 0 Å². The van der Waals surface area contributed by atoms with Gasteiger partial charge in [-0.05, 0) is 6.42 Å². The first kappa shape index (κ1) is 10.5. The maximum absolute atomic E-state index is 12.9. The van der Waals surface area contributed by atoms with Crippen molar-refractivity contribution >= 4 is 17.6 Å². The van der Waals surface area contributed by atoms with E-state index in [-0.39, 0.29) is 11.6 Å². The molecule has 6 heteroatoms. The first-order valence-corrected chi connectivity index (χ1v) is 4.88. The number of amides is 3. The van der Waals surface area contributed by atoms with Crippen molar-refractivity contribution in [1.29, 1.82) is 0 Å². The highest BCUT2D eigenvalue weighted by Crippen LogP contribution is 2.20. The molecule has 0 saturated carbocycles. The van der Waals surface area contributed by atoms with Gasteiger partial charge in [0.2, 0.25) is 0 Å². The lowest BCUT2D eigenvalue weighted by molar-refractivity contribution is -0.118. The van der Waals surface area contributed by atoms with Crippen molar-refractivity contribution in [3.8, 4) is 0 Å². The molecule has 1 aromatic heterocycles. The van der Waals surface area contributed by atoms with Gasteiger partial charge in [-0.3, -0.25) is 9.78 Å². The Morgan fingerprint density at radius 2 is 2.25 bits per heavy atom. The van der Waals surface area contributed by atoms with Crippen LogP contribution in [-0.4, -0.2) is 23.0 Å². The molecule has 0 radical (unpaired) electrons. The van der Waals surface area contributed by atoms with Crippen LogP contribution in [0.25, 0.3) is 0 Å². The van der Waals surface area contributed by atoms with E-state index in [1.54, 1.807) is 6.92 Å². The number of aromatic nitrogens is 1. The Labute approximate surface area is 91.3 Å². The predicted octanol–water partition coefficient (Wildman–Crippen LogP) is 1.06. The summed E-state index contributed by atoms with van der Waals surface area (Å²) >= 11 is 0. The number of imide groups is 1. The number of nitrogens with one attached hydrogen (secondary N) is 1. The maximum atomic E-state index is 12.9. The summed E-state index contributed by atoms with van der Waals surface area (Å²) in [5.41, 5.74) is 0.151. The number of nitrogens with zero attached hydrogens (tertiary/aromatic N) is 2. The summed E-state index contributed by atoms with van der Waals surface area (Å²) in [5, 5.41) is 2.51. The van der Waals surface area contributed by atoms with Gasteiger partial charge in [0.05, 0.1) is 18.1 Å². The molecule has 0 spiro atoms. The topological polar surface area (TPSA) is 62.3 Å². The first-order chi connectivity index (χ1) is 7.63. The third-order valence-corrected chi connectivity index (χ3v) is 2.38. The number of hydrogen-bond acceptors (Lipinski definition) is 3. The number of rotatable bonds is 2. The fourth-order valence-electron chi connectivity index (χ4n) is 1.58. The van der Waals surface area contributed by atoms with Crippen molar-refractivity contribution in [3.05, 3.63) is 24.3 Å². The molecule has 0 aromatic carbocycles. The average Bonchev–Trinajstić information content (AvgIpc) is 2.53. The second kappa shape index (κ2) is 3.88. The SMILES string of the molecule is CC[C@@H]1NC(=O)N(c2cncc(F)c2)C1=O. The second-order valence-corrected chi connectivity index (χ2v) is 3.45. The van der Waals surface area contributed by atoms with Crippen LogP contribution in [0.15, 0.2) is 18.5 Å². The number of halogens is 1. The highest BCUT2D eigenvalue weighted by Gasteiger charge is 2.38. The van der Waals surface area contributed by atoms with E-state index >= 15 is 0 Å². The van der Waals surface area contributed by atoms with Crippen LogP contribution in [-0.2, 0) is 4.79 Å². The summed E-state index contributed by atoms with van der Waals surface area (Å²) in [4.78, 5) is 27.8. The Balaban J connectivity index is 2.34. The molecule has 5 nitrogen and oxygen atoms in total. The lowest BCUT2D eigenvalue weighted by Crippen LogP contribution is -2.31. The van der Waals surface area contributed by atoms with Crippen LogP contribution < -0.4 is 10.2 Å².